The van der Waals surface area contributed by atoms with Crippen LogP contribution in [0.4, 0.5) is 0 Å². The first-order valence-electron chi connectivity index (χ1n) is 7.79. The third-order valence-electron chi connectivity index (χ3n) is 4.03. The maximum absolute atomic E-state index is 12.5. The summed E-state index contributed by atoms with van der Waals surface area (Å²) in [6.45, 7) is 0. The van der Waals surface area contributed by atoms with Crippen LogP contribution in [0.2, 0.25) is 0 Å². The fraction of sp³-hybridized carbons (Fsp3) is 0. The summed E-state index contributed by atoms with van der Waals surface area (Å²) in [5.74, 6) is -0.237. The molecule has 0 unspecified atom stereocenters. The van der Waals surface area contributed by atoms with Crippen molar-refractivity contribution in [1.29, 1.82) is 0 Å². The van der Waals surface area contributed by atoms with Crippen LogP contribution in [0.1, 0.15) is 0 Å². The Labute approximate surface area is 205 Å². The number of rotatable bonds is 1. The SMILES string of the molecule is [Cl][Ga]([Cl])[Cl].[Li+].[Li+].[O-]c1ccc2ccccc2c1-c1c([O-])ccc2ccccc12. The molecule has 0 atom stereocenters. The molecule has 28 heavy (non-hydrogen) atoms. The van der Waals surface area contributed by atoms with E-state index in [1.807, 2.05) is 48.5 Å². The summed E-state index contributed by atoms with van der Waals surface area (Å²) < 4.78 is 0. The first-order chi connectivity index (χ1) is 12.5. The van der Waals surface area contributed by atoms with Crippen molar-refractivity contribution in [2.24, 2.45) is 0 Å². The predicted octanol–water partition coefficient (Wildman–Crippen LogP) is -0.497. The van der Waals surface area contributed by atoms with Gasteiger partial charge in [0.25, 0.3) is 0 Å². The molecular formula is C20H12Cl3GaLi2O2. The van der Waals surface area contributed by atoms with Gasteiger partial charge in [0.15, 0.2) is 0 Å². The molecule has 0 radical (unpaired) electrons. The Bertz CT molecular complexity index is 992. The molecule has 0 aromatic heterocycles. The van der Waals surface area contributed by atoms with E-state index >= 15 is 0 Å². The summed E-state index contributed by atoms with van der Waals surface area (Å²) in [6, 6.07) is 22.0. The second-order valence-corrected chi connectivity index (χ2v) is 16.9. The summed E-state index contributed by atoms with van der Waals surface area (Å²) in [7, 11) is 15.0. The van der Waals surface area contributed by atoms with Crippen molar-refractivity contribution in [3.8, 4) is 22.6 Å². The Morgan fingerprint density at radius 2 is 0.857 bits per heavy atom. The van der Waals surface area contributed by atoms with Crippen molar-refractivity contribution in [3.63, 3.8) is 0 Å². The molecule has 4 aromatic rings. The van der Waals surface area contributed by atoms with Crippen molar-refractivity contribution < 1.29 is 47.9 Å². The van der Waals surface area contributed by atoms with Crippen LogP contribution in [0, 0.1) is 0 Å². The van der Waals surface area contributed by atoms with E-state index in [0.29, 0.717) is 11.1 Å². The number of fused-ring (bicyclic) bond motifs is 2. The zero-order valence-electron chi connectivity index (χ0n) is 15.5. The average Bonchev–Trinajstić information content (AvgIpc) is 2.62. The molecule has 0 fully saturated rings. The number of hydrogen-bond donors (Lipinski definition) is 0. The quantitative estimate of drug-likeness (QED) is 0.350. The molecule has 0 aliphatic rings. The third kappa shape index (κ3) is 5.87. The van der Waals surface area contributed by atoms with Gasteiger partial charge in [0.1, 0.15) is 0 Å². The van der Waals surface area contributed by atoms with E-state index in [4.69, 9.17) is 28.9 Å². The van der Waals surface area contributed by atoms with Crippen LogP contribution in [0.15, 0.2) is 72.8 Å². The zero-order valence-corrected chi connectivity index (χ0v) is 20.1. The molecule has 0 aliphatic carbocycles. The van der Waals surface area contributed by atoms with Crippen LogP contribution >= 0.6 is 28.9 Å². The van der Waals surface area contributed by atoms with Gasteiger partial charge in [0.05, 0.1) is 0 Å². The van der Waals surface area contributed by atoms with Gasteiger partial charge < -0.3 is 10.2 Å². The largest absolute Gasteiger partial charge is 1.00 e. The first kappa shape index (κ1) is 25.7. The second kappa shape index (κ2) is 11.8. The summed E-state index contributed by atoms with van der Waals surface area (Å²) in [5.41, 5.74) is 1.000. The minimum Gasteiger partial charge on any atom is -0.872 e. The maximum atomic E-state index is 12.5. The summed E-state index contributed by atoms with van der Waals surface area (Å²) in [6.07, 6.45) is 0. The van der Waals surface area contributed by atoms with Crippen LogP contribution in [-0.2, 0) is 0 Å². The molecule has 0 spiro atoms. The van der Waals surface area contributed by atoms with Crippen LogP contribution in [-0.4, -0.2) is 13.2 Å². The Morgan fingerprint density at radius 3 is 1.21 bits per heavy atom. The fourth-order valence-electron chi connectivity index (χ4n) is 3.02. The minimum atomic E-state index is -2.06. The molecular weight excluding hydrogens is 462 g/mol. The fourth-order valence-corrected chi connectivity index (χ4v) is 3.02. The van der Waals surface area contributed by atoms with Gasteiger partial charge in [-0.05, 0) is 32.7 Å². The Balaban J connectivity index is 0.000000601. The van der Waals surface area contributed by atoms with E-state index in [9.17, 15) is 10.2 Å². The molecule has 2 nitrogen and oxygen atoms in total. The van der Waals surface area contributed by atoms with E-state index < -0.39 is 13.2 Å². The molecule has 0 N–H and O–H groups in total. The van der Waals surface area contributed by atoms with Gasteiger partial charge >= 0.3 is 79.9 Å². The van der Waals surface area contributed by atoms with E-state index in [1.54, 1.807) is 24.3 Å². The van der Waals surface area contributed by atoms with Crippen molar-refractivity contribution in [2.45, 2.75) is 0 Å². The van der Waals surface area contributed by atoms with Gasteiger partial charge in [-0.1, -0.05) is 72.8 Å². The standard InChI is InChI=1S/C20H14O2.3ClH.Ga.2Li/c21-17-11-9-13-5-1-3-7-15(13)19(17)20-16-8-4-2-6-14(16)10-12-18(20)22;;;;;;/h1-12,21-22H;3*1H;;;/q;;;;+3;2*+1/p-5. The van der Waals surface area contributed by atoms with Gasteiger partial charge in [0, 0.05) is 0 Å². The van der Waals surface area contributed by atoms with Crippen molar-refractivity contribution in [2.75, 3.05) is 0 Å². The summed E-state index contributed by atoms with van der Waals surface area (Å²) in [5, 5.41) is 28.6. The van der Waals surface area contributed by atoms with E-state index in [-0.39, 0.29) is 49.2 Å². The molecule has 0 saturated heterocycles. The third-order valence-corrected chi connectivity index (χ3v) is 4.03. The molecule has 0 bridgehead atoms. The topological polar surface area (TPSA) is 46.1 Å². The van der Waals surface area contributed by atoms with Crippen LogP contribution in [0.3, 0.4) is 0 Å². The molecule has 130 valence electrons. The predicted molar refractivity (Wildman–Crippen MR) is 109 cm³/mol. The van der Waals surface area contributed by atoms with E-state index in [1.165, 1.54) is 0 Å². The van der Waals surface area contributed by atoms with Gasteiger partial charge in [-0.2, -0.15) is 0 Å². The average molecular weight is 474 g/mol. The normalized spacial score (nSPS) is 9.68. The van der Waals surface area contributed by atoms with Gasteiger partial charge in [-0.3, -0.25) is 0 Å². The number of benzene rings is 4. The zero-order chi connectivity index (χ0) is 18.7. The van der Waals surface area contributed by atoms with Crippen molar-refractivity contribution >= 4 is 63.7 Å². The summed E-state index contributed by atoms with van der Waals surface area (Å²) >= 11 is -2.06. The van der Waals surface area contributed by atoms with E-state index in [2.05, 4.69) is 0 Å². The second-order valence-electron chi connectivity index (χ2n) is 5.57. The Hall–Kier alpha value is -0.299. The van der Waals surface area contributed by atoms with Gasteiger partial charge in [0.2, 0.25) is 0 Å². The number of halogens is 3. The molecule has 0 heterocycles. The summed E-state index contributed by atoms with van der Waals surface area (Å²) in [4.78, 5) is 0. The maximum Gasteiger partial charge on any atom is 1.00 e. The molecule has 4 rings (SSSR count). The van der Waals surface area contributed by atoms with E-state index in [0.717, 1.165) is 21.5 Å². The van der Waals surface area contributed by atoms with Crippen molar-refractivity contribution in [3.05, 3.63) is 72.8 Å². The van der Waals surface area contributed by atoms with Crippen LogP contribution in [0.5, 0.6) is 11.5 Å². The molecule has 0 saturated carbocycles. The Morgan fingerprint density at radius 1 is 0.536 bits per heavy atom. The monoisotopic (exact) mass is 472 g/mol. The molecule has 8 heteroatoms. The van der Waals surface area contributed by atoms with Crippen molar-refractivity contribution in [1.82, 2.24) is 0 Å². The van der Waals surface area contributed by atoms with Crippen LogP contribution in [0.25, 0.3) is 32.7 Å². The smallest absolute Gasteiger partial charge is 0.872 e. The molecule has 4 aromatic carbocycles. The first-order valence-corrected chi connectivity index (χ1v) is 17.3. The number of hydrogen-bond acceptors (Lipinski definition) is 2. The van der Waals surface area contributed by atoms with Gasteiger partial charge in [-0.25, -0.2) is 0 Å². The van der Waals surface area contributed by atoms with Gasteiger partial charge in [-0.15, -0.1) is 11.5 Å². The molecule has 0 amide bonds. The Kier molecular flexibility index (Phi) is 10.8. The van der Waals surface area contributed by atoms with Crippen LogP contribution < -0.4 is 47.9 Å². The minimum absolute atomic E-state index is 0. The molecule has 0 aliphatic heterocycles.